The molecule has 0 aromatic heterocycles. The van der Waals surface area contributed by atoms with Crippen molar-refractivity contribution in [2.24, 2.45) is 0 Å². The average Bonchev–Trinajstić information content (AvgIpc) is 3.01. The van der Waals surface area contributed by atoms with Crippen molar-refractivity contribution in [3.05, 3.63) is 24.3 Å². The molecule has 4 nitrogen and oxygen atoms in total. The number of anilines is 1. The Morgan fingerprint density at radius 3 is 2.85 bits per heavy atom. The fourth-order valence-electron chi connectivity index (χ4n) is 2.86. The Morgan fingerprint density at radius 1 is 1.30 bits per heavy atom. The lowest BCUT2D eigenvalue weighted by atomic mass is 10.2. The summed E-state index contributed by atoms with van der Waals surface area (Å²) in [5.41, 5.74) is 1.28. The van der Waals surface area contributed by atoms with Gasteiger partial charge in [-0.15, -0.1) is 11.8 Å². The number of piperazine rings is 1. The van der Waals surface area contributed by atoms with E-state index in [0.29, 0.717) is 6.04 Å². The molecule has 1 atom stereocenters. The van der Waals surface area contributed by atoms with Gasteiger partial charge in [0, 0.05) is 62.1 Å². The Hall–Kier alpha value is -0.910. The molecule has 0 spiro atoms. The minimum atomic E-state index is 0.684. The van der Waals surface area contributed by atoms with Gasteiger partial charge in [0.05, 0.1) is 7.11 Å². The van der Waals surface area contributed by atoms with Crippen molar-refractivity contribution in [3.8, 4) is 5.75 Å². The molecule has 5 heteroatoms. The van der Waals surface area contributed by atoms with E-state index < -0.39 is 0 Å². The molecule has 1 unspecified atom stereocenters. The van der Waals surface area contributed by atoms with Gasteiger partial charge in [-0.05, 0) is 12.1 Å². The van der Waals surface area contributed by atoms with Gasteiger partial charge >= 0.3 is 0 Å². The quantitative estimate of drug-likeness (QED) is 0.908. The first-order valence-corrected chi connectivity index (χ1v) is 8.43. The van der Waals surface area contributed by atoms with Gasteiger partial charge in [0.1, 0.15) is 5.75 Å². The van der Waals surface area contributed by atoms with Crippen molar-refractivity contribution in [2.45, 2.75) is 6.04 Å². The summed E-state index contributed by atoms with van der Waals surface area (Å²) in [5.74, 6) is 3.32. The van der Waals surface area contributed by atoms with E-state index in [0.717, 1.165) is 37.8 Å². The zero-order valence-electron chi connectivity index (χ0n) is 12.0. The van der Waals surface area contributed by atoms with Crippen LogP contribution in [0.1, 0.15) is 0 Å². The Labute approximate surface area is 125 Å². The van der Waals surface area contributed by atoms with Crippen LogP contribution in [0, 0.1) is 0 Å². The first-order valence-electron chi connectivity index (χ1n) is 7.27. The molecule has 0 radical (unpaired) electrons. The second-order valence-electron chi connectivity index (χ2n) is 5.41. The van der Waals surface area contributed by atoms with E-state index in [9.17, 15) is 0 Å². The van der Waals surface area contributed by atoms with E-state index in [1.54, 1.807) is 7.11 Å². The molecule has 20 heavy (non-hydrogen) atoms. The third-order valence-corrected chi connectivity index (χ3v) is 5.07. The number of hydrogen-bond acceptors (Lipinski definition) is 5. The third kappa shape index (κ3) is 3.40. The highest BCUT2D eigenvalue weighted by molar-refractivity contribution is 7.99. The van der Waals surface area contributed by atoms with Crippen LogP contribution >= 0.6 is 11.8 Å². The van der Waals surface area contributed by atoms with E-state index >= 15 is 0 Å². The van der Waals surface area contributed by atoms with Crippen molar-refractivity contribution in [1.29, 1.82) is 0 Å². The molecule has 2 aliphatic heterocycles. The molecule has 1 aromatic rings. The number of benzene rings is 1. The minimum absolute atomic E-state index is 0.684. The summed E-state index contributed by atoms with van der Waals surface area (Å²) in [5, 5.41) is 3.55. The lowest BCUT2D eigenvalue weighted by Crippen LogP contribution is -2.50. The monoisotopic (exact) mass is 293 g/mol. The topological polar surface area (TPSA) is 27.7 Å². The van der Waals surface area contributed by atoms with Gasteiger partial charge in [-0.2, -0.15) is 0 Å². The number of nitrogens with one attached hydrogen (secondary N) is 1. The number of methoxy groups -OCH3 is 1. The number of hydrogen-bond donors (Lipinski definition) is 1. The SMILES string of the molecule is COc1cccc(N2CCN(CC3CSCN3)CC2)c1. The predicted molar refractivity (Wildman–Crippen MR) is 85.9 cm³/mol. The zero-order valence-corrected chi connectivity index (χ0v) is 12.9. The normalized spacial score (nSPS) is 24.1. The Balaban J connectivity index is 1.52. The summed E-state index contributed by atoms with van der Waals surface area (Å²) >= 11 is 2.01. The second-order valence-corrected chi connectivity index (χ2v) is 6.44. The highest BCUT2D eigenvalue weighted by Crippen LogP contribution is 2.22. The lowest BCUT2D eigenvalue weighted by Gasteiger charge is -2.37. The maximum Gasteiger partial charge on any atom is 0.120 e. The van der Waals surface area contributed by atoms with Gasteiger partial charge in [0.25, 0.3) is 0 Å². The van der Waals surface area contributed by atoms with E-state index in [1.165, 1.54) is 18.0 Å². The van der Waals surface area contributed by atoms with Gasteiger partial charge < -0.3 is 15.0 Å². The fraction of sp³-hybridized carbons (Fsp3) is 0.600. The number of nitrogens with zero attached hydrogens (tertiary/aromatic N) is 2. The number of rotatable bonds is 4. The summed E-state index contributed by atoms with van der Waals surface area (Å²) in [6, 6.07) is 9.06. The highest BCUT2D eigenvalue weighted by Gasteiger charge is 2.22. The summed E-state index contributed by atoms with van der Waals surface area (Å²) in [6.45, 7) is 5.71. The molecular formula is C15H23N3OS. The van der Waals surface area contributed by atoms with Gasteiger partial charge in [-0.3, -0.25) is 4.90 Å². The summed E-state index contributed by atoms with van der Waals surface area (Å²) in [7, 11) is 1.73. The maximum absolute atomic E-state index is 5.31. The minimum Gasteiger partial charge on any atom is -0.497 e. The summed E-state index contributed by atoms with van der Waals surface area (Å²) in [4.78, 5) is 5.04. The zero-order chi connectivity index (χ0) is 13.8. The van der Waals surface area contributed by atoms with E-state index in [1.807, 2.05) is 17.8 Å². The smallest absolute Gasteiger partial charge is 0.120 e. The van der Waals surface area contributed by atoms with Crippen LogP contribution in [-0.4, -0.2) is 62.4 Å². The predicted octanol–water partition coefficient (Wildman–Crippen LogP) is 1.48. The van der Waals surface area contributed by atoms with Crippen molar-refractivity contribution in [3.63, 3.8) is 0 Å². The van der Waals surface area contributed by atoms with Crippen LogP contribution < -0.4 is 15.0 Å². The largest absolute Gasteiger partial charge is 0.497 e. The highest BCUT2D eigenvalue weighted by atomic mass is 32.2. The molecule has 2 fully saturated rings. The van der Waals surface area contributed by atoms with E-state index in [2.05, 4.69) is 33.3 Å². The molecule has 1 N–H and O–H groups in total. The Morgan fingerprint density at radius 2 is 2.15 bits per heavy atom. The van der Waals surface area contributed by atoms with E-state index in [4.69, 9.17) is 4.74 Å². The van der Waals surface area contributed by atoms with Crippen LogP contribution in [0.2, 0.25) is 0 Å². The van der Waals surface area contributed by atoms with Crippen LogP contribution in [0.5, 0.6) is 5.75 Å². The molecule has 2 heterocycles. The maximum atomic E-state index is 5.31. The van der Waals surface area contributed by atoms with Crippen LogP contribution in [-0.2, 0) is 0 Å². The van der Waals surface area contributed by atoms with Gasteiger partial charge in [-0.1, -0.05) is 6.07 Å². The fourth-order valence-corrected chi connectivity index (χ4v) is 3.84. The molecular weight excluding hydrogens is 270 g/mol. The average molecular weight is 293 g/mol. The van der Waals surface area contributed by atoms with Crippen molar-refractivity contribution in [1.82, 2.24) is 10.2 Å². The number of thioether (sulfide) groups is 1. The van der Waals surface area contributed by atoms with Crippen molar-refractivity contribution < 1.29 is 4.74 Å². The third-order valence-electron chi connectivity index (χ3n) is 4.06. The molecule has 0 saturated carbocycles. The molecule has 1 aromatic carbocycles. The molecule has 110 valence electrons. The second kappa shape index (κ2) is 6.70. The van der Waals surface area contributed by atoms with E-state index in [-0.39, 0.29) is 0 Å². The first-order chi connectivity index (χ1) is 9.85. The van der Waals surface area contributed by atoms with Crippen LogP contribution in [0.3, 0.4) is 0 Å². The van der Waals surface area contributed by atoms with Gasteiger partial charge in [-0.25, -0.2) is 0 Å². The lowest BCUT2D eigenvalue weighted by molar-refractivity contribution is 0.240. The summed E-state index contributed by atoms with van der Waals surface area (Å²) in [6.07, 6.45) is 0. The molecule has 0 bridgehead atoms. The standard InChI is InChI=1S/C15H23N3OS/c1-19-15-4-2-3-14(9-15)18-7-5-17(6-8-18)10-13-11-20-12-16-13/h2-4,9,13,16H,5-8,10-12H2,1H3. The van der Waals surface area contributed by atoms with Crippen molar-refractivity contribution >= 4 is 17.4 Å². The molecule has 2 aliphatic rings. The van der Waals surface area contributed by atoms with Gasteiger partial charge in [0.15, 0.2) is 0 Å². The Kier molecular flexibility index (Phi) is 4.70. The molecule has 2 saturated heterocycles. The molecule has 0 amide bonds. The number of ether oxygens (including phenoxy) is 1. The molecule has 3 rings (SSSR count). The first kappa shape index (κ1) is 14.0. The van der Waals surface area contributed by atoms with Crippen LogP contribution in [0.4, 0.5) is 5.69 Å². The summed E-state index contributed by atoms with van der Waals surface area (Å²) < 4.78 is 5.31. The molecule has 0 aliphatic carbocycles. The van der Waals surface area contributed by atoms with Gasteiger partial charge in [0.2, 0.25) is 0 Å². The van der Waals surface area contributed by atoms with Crippen molar-refractivity contribution in [2.75, 3.05) is 56.4 Å². The van der Waals surface area contributed by atoms with Crippen LogP contribution in [0.25, 0.3) is 0 Å². The van der Waals surface area contributed by atoms with Crippen LogP contribution in [0.15, 0.2) is 24.3 Å². The Bertz CT molecular complexity index is 429.